The van der Waals surface area contributed by atoms with Crippen molar-refractivity contribution < 1.29 is 19.1 Å². The molecule has 0 heterocycles. The molecule has 0 fully saturated rings. The molecule has 0 bridgehead atoms. The van der Waals surface area contributed by atoms with Crippen molar-refractivity contribution in [3.63, 3.8) is 0 Å². The van der Waals surface area contributed by atoms with Crippen LogP contribution in [0.15, 0.2) is 30.9 Å². The molecular formula is C13H12FN3O3. The third-order valence-corrected chi connectivity index (χ3v) is 2.35. The van der Waals surface area contributed by atoms with Crippen LogP contribution in [-0.2, 0) is 4.79 Å². The second-order valence-corrected chi connectivity index (χ2v) is 3.82. The molecule has 104 valence electrons. The van der Waals surface area contributed by atoms with Crippen LogP contribution in [0.4, 0.5) is 14.9 Å². The van der Waals surface area contributed by atoms with Gasteiger partial charge in [-0.2, -0.15) is 5.26 Å². The Balaban J connectivity index is 2.73. The molecule has 0 saturated heterocycles. The SMILES string of the molecule is C=CCC(NC(=O)Nc1ccc(F)c(C#N)c1)C(=O)O. The van der Waals surface area contributed by atoms with Gasteiger partial charge in [-0.1, -0.05) is 6.08 Å². The van der Waals surface area contributed by atoms with E-state index in [4.69, 9.17) is 10.4 Å². The lowest BCUT2D eigenvalue weighted by Gasteiger charge is -2.13. The number of carboxylic acids is 1. The topological polar surface area (TPSA) is 102 Å². The molecule has 0 saturated carbocycles. The summed E-state index contributed by atoms with van der Waals surface area (Å²) in [5.41, 5.74) is -0.0353. The molecule has 20 heavy (non-hydrogen) atoms. The second kappa shape index (κ2) is 6.89. The van der Waals surface area contributed by atoms with Gasteiger partial charge in [-0.25, -0.2) is 14.0 Å². The number of hydrogen-bond acceptors (Lipinski definition) is 3. The Morgan fingerprint density at radius 2 is 2.25 bits per heavy atom. The minimum atomic E-state index is -1.20. The first-order valence-corrected chi connectivity index (χ1v) is 5.58. The first-order valence-electron chi connectivity index (χ1n) is 5.58. The van der Waals surface area contributed by atoms with Gasteiger partial charge in [0.05, 0.1) is 5.56 Å². The summed E-state index contributed by atoms with van der Waals surface area (Å²) in [6.45, 7) is 3.39. The number of benzene rings is 1. The van der Waals surface area contributed by atoms with Crippen LogP contribution in [0.25, 0.3) is 0 Å². The van der Waals surface area contributed by atoms with Crippen LogP contribution in [0.2, 0.25) is 0 Å². The predicted octanol–water partition coefficient (Wildman–Crippen LogP) is 1.85. The van der Waals surface area contributed by atoms with Gasteiger partial charge in [-0.05, 0) is 24.6 Å². The summed E-state index contributed by atoms with van der Waals surface area (Å²) in [7, 11) is 0. The summed E-state index contributed by atoms with van der Waals surface area (Å²) in [6, 6.07) is 3.21. The summed E-state index contributed by atoms with van der Waals surface area (Å²) in [6.07, 6.45) is 1.43. The van der Waals surface area contributed by atoms with Crippen molar-refractivity contribution >= 4 is 17.7 Å². The molecule has 2 amide bonds. The average Bonchev–Trinajstić information content (AvgIpc) is 2.40. The number of anilines is 1. The van der Waals surface area contributed by atoms with Crippen LogP contribution >= 0.6 is 0 Å². The van der Waals surface area contributed by atoms with E-state index in [1.54, 1.807) is 6.07 Å². The Labute approximate surface area is 114 Å². The normalized spacial score (nSPS) is 11.0. The standard InChI is InChI=1S/C13H12FN3O3/c1-2-3-11(12(18)19)17-13(20)16-9-4-5-10(14)8(6-9)7-15/h2,4-6,11H,1,3H2,(H,18,19)(H2,16,17,20). The van der Waals surface area contributed by atoms with Gasteiger partial charge in [-0.15, -0.1) is 6.58 Å². The monoisotopic (exact) mass is 277 g/mol. The maximum absolute atomic E-state index is 13.1. The minimum absolute atomic E-state index is 0.0651. The van der Waals surface area contributed by atoms with Gasteiger partial charge in [0.1, 0.15) is 17.9 Å². The lowest BCUT2D eigenvalue weighted by atomic mass is 10.2. The average molecular weight is 277 g/mol. The van der Waals surface area contributed by atoms with Gasteiger partial charge >= 0.3 is 12.0 Å². The Bertz CT molecular complexity index is 581. The highest BCUT2D eigenvalue weighted by molar-refractivity contribution is 5.92. The molecule has 6 nitrogen and oxygen atoms in total. The molecule has 1 aromatic carbocycles. The van der Waals surface area contributed by atoms with E-state index in [1.165, 1.54) is 12.1 Å². The Morgan fingerprint density at radius 1 is 1.55 bits per heavy atom. The second-order valence-electron chi connectivity index (χ2n) is 3.82. The fraction of sp³-hybridized carbons (Fsp3) is 0.154. The largest absolute Gasteiger partial charge is 0.480 e. The van der Waals surface area contributed by atoms with Gasteiger partial charge < -0.3 is 15.7 Å². The first-order chi connectivity index (χ1) is 9.47. The number of nitriles is 1. The lowest BCUT2D eigenvalue weighted by molar-refractivity contribution is -0.139. The van der Waals surface area contributed by atoms with Crippen molar-refractivity contribution in [2.75, 3.05) is 5.32 Å². The summed E-state index contributed by atoms with van der Waals surface area (Å²) in [5.74, 6) is -1.90. The van der Waals surface area contributed by atoms with Gasteiger partial charge in [-0.3, -0.25) is 0 Å². The molecule has 0 aliphatic heterocycles. The lowest BCUT2D eigenvalue weighted by Crippen LogP contribution is -2.42. The molecule has 0 spiro atoms. The number of carboxylic acid groups (broad SMARTS) is 1. The Hall–Kier alpha value is -2.88. The Kier molecular flexibility index (Phi) is 5.23. The molecule has 1 unspecified atom stereocenters. The zero-order valence-electron chi connectivity index (χ0n) is 10.4. The van der Waals surface area contributed by atoms with E-state index in [1.807, 2.05) is 0 Å². The zero-order valence-corrected chi connectivity index (χ0v) is 10.4. The highest BCUT2D eigenvalue weighted by atomic mass is 19.1. The van der Waals surface area contributed by atoms with E-state index in [9.17, 15) is 14.0 Å². The molecule has 0 radical (unpaired) electrons. The van der Waals surface area contributed by atoms with Gasteiger partial charge in [0.25, 0.3) is 0 Å². The number of nitrogens with one attached hydrogen (secondary N) is 2. The predicted molar refractivity (Wildman–Crippen MR) is 69.5 cm³/mol. The molecule has 3 N–H and O–H groups in total. The summed E-state index contributed by atoms with van der Waals surface area (Å²) in [4.78, 5) is 22.4. The van der Waals surface area contributed by atoms with Crippen molar-refractivity contribution in [3.8, 4) is 6.07 Å². The molecule has 0 aliphatic rings. The Morgan fingerprint density at radius 3 is 2.80 bits per heavy atom. The summed E-state index contributed by atoms with van der Waals surface area (Å²) < 4.78 is 13.1. The van der Waals surface area contributed by atoms with Crippen LogP contribution in [0.3, 0.4) is 0 Å². The third kappa shape index (κ3) is 4.10. The van der Waals surface area contributed by atoms with Crippen LogP contribution in [0, 0.1) is 17.1 Å². The molecule has 0 aromatic heterocycles. The maximum Gasteiger partial charge on any atom is 0.326 e. The fourth-order valence-corrected chi connectivity index (χ4v) is 1.40. The van der Waals surface area contributed by atoms with Crippen molar-refractivity contribution in [2.45, 2.75) is 12.5 Å². The molecule has 1 rings (SSSR count). The number of halogens is 1. The van der Waals surface area contributed by atoms with Crippen LogP contribution < -0.4 is 10.6 Å². The van der Waals surface area contributed by atoms with E-state index >= 15 is 0 Å². The molecular weight excluding hydrogens is 265 g/mol. The molecule has 0 aliphatic carbocycles. The molecule has 7 heteroatoms. The number of aliphatic carboxylic acids is 1. The van der Waals surface area contributed by atoms with E-state index in [-0.39, 0.29) is 17.7 Å². The minimum Gasteiger partial charge on any atom is -0.480 e. The van der Waals surface area contributed by atoms with Gasteiger partial charge in [0, 0.05) is 5.69 Å². The van der Waals surface area contributed by atoms with Crippen molar-refractivity contribution in [1.29, 1.82) is 5.26 Å². The number of rotatable bonds is 5. The van der Waals surface area contributed by atoms with Crippen molar-refractivity contribution in [3.05, 3.63) is 42.2 Å². The van der Waals surface area contributed by atoms with Crippen LogP contribution in [0.1, 0.15) is 12.0 Å². The van der Waals surface area contributed by atoms with E-state index in [0.29, 0.717) is 0 Å². The van der Waals surface area contributed by atoms with Crippen LogP contribution in [-0.4, -0.2) is 23.1 Å². The molecule has 1 atom stereocenters. The highest BCUT2D eigenvalue weighted by Crippen LogP contribution is 2.13. The first kappa shape index (κ1) is 15.2. The van der Waals surface area contributed by atoms with E-state index in [2.05, 4.69) is 17.2 Å². The van der Waals surface area contributed by atoms with E-state index in [0.717, 1.165) is 12.1 Å². The zero-order chi connectivity index (χ0) is 15.1. The van der Waals surface area contributed by atoms with Crippen LogP contribution in [0.5, 0.6) is 0 Å². The number of carbonyl (C=O) groups is 2. The van der Waals surface area contributed by atoms with Gasteiger partial charge in [0.15, 0.2) is 0 Å². The maximum atomic E-state index is 13.1. The number of nitrogens with zero attached hydrogens (tertiary/aromatic N) is 1. The van der Waals surface area contributed by atoms with Crippen molar-refractivity contribution in [1.82, 2.24) is 5.32 Å². The quantitative estimate of drug-likeness (QED) is 0.714. The number of amides is 2. The smallest absolute Gasteiger partial charge is 0.326 e. The third-order valence-electron chi connectivity index (χ3n) is 2.35. The van der Waals surface area contributed by atoms with Gasteiger partial charge in [0.2, 0.25) is 0 Å². The number of carbonyl (C=O) groups excluding carboxylic acids is 1. The summed E-state index contributed by atoms with van der Waals surface area (Å²) in [5, 5.41) is 22.1. The summed E-state index contributed by atoms with van der Waals surface area (Å²) >= 11 is 0. The van der Waals surface area contributed by atoms with Crippen molar-refractivity contribution in [2.24, 2.45) is 0 Å². The van der Waals surface area contributed by atoms with E-state index < -0.39 is 23.9 Å². The number of urea groups is 1. The number of hydrogen-bond donors (Lipinski definition) is 3. The fourth-order valence-electron chi connectivity index (χ4n) is 1.40. The molecule has 1 aromatic rings. The highest BCUT2D eigenvalue weighted by Gasteiger charge is 2.18.